The highest BCUT2D eigenvalue weighted by Gasteiger charge is 2.39. The van der Waals surface area contributed by atoms with Crippen molar-refractivity contribution in [1.82, 2.24) is 10.2 Å². The van der Waals surface area contributed by atoms with Crippen LogP contribution in [0.15, 0.2) is 0 Å². The Morgan fingerprint density at radius 2 is 2.22 bits per heavy atom. The van der Waals surface area contributed by atoms with Crippen LogP contribution in [0.4, 0.5) is 0 Å². The lowest BCUT2D eigenvalue weighted by atomic mass is 9.97. The first-order valence-corrected chi connectivity index (χ1v) is 7.02. The highest BCUT2D eigenvalue weighted by molar-refractivity contribution is 4.92. The minimum atomic E-state index is -0.709. The third-order valence-electron chi connectivity index (χ3n) is 4.13. The van der Waals surface area contributed by atoms with Gasteiger partial charge in [-0.15, -0.1) is 0 Å². The molecule has 0 aliphatic carbocycles. The van der Waals surface area contributed by atoms with Gasteiger partial charge in [0.05, 0.1) is 18.8 Å². The second kappa shape index (κ2) is 6.30. The van der Waals surface area contributed by atoms with Crippen LogP contribution in [-0.2, 0) is 9.47 Å². The summed E-state index contributed by atoms with van der Waals surface area (Å²) in [6, 6.07) is 0. The predicted octanol–water partition coefficient (Wildman–Crippen LogP) is -0.163. The second-order valence-corrected chi connectivity index (χ2v) is 5.38. The Hall–Kier alpha value is -0.200. The normalized spacial score (nSPS) is 38.2. The number of morpholine rings is 1. The van der Waals surface area contributed by atoms with Crippen molar-refractivity contribution >= 4 is 0 Å². The Bertz CT molecular complexity index is 265. The summed E-state index contributed by atoms with van der Waals surface area (Å²) in [5.41, 5.74) is -0.709. The Kier molecular flexibility index (Phi) is 4.98. The summed E-state index contributed by atoms with van der Waals surface area (Å²) in [6.07, 6.45) is 0.873. The molecule has 0 radical (unpaired) electrons. The quantitative estimate of drug-likeness (QED) is 0.717. The van der Waals surface area contributed by atoms with E-state index in [4.69, 9.17) is 9.47 Å². The van der Waals surface area contributed by atoms with Gasteiger partial charge in [-0.3, -0.25) is 4.90 Å². The molecule has 0 aromatic rings. The van der Waals surface area contributed by atoms with Crippen LogP contribution < -0.4 is 5.32 Å². The van der Waals surface area contributed by atoms with E-state index in [1.165, 1.54) is 0 Å². The average molecular weight is 258 g/mol. The van der Waals surface area contributed by atoms with E-state index in [0.29, 0.717) is 19.6 Å². The van der Waals surface area contributed by atoms with Crippen LogP contribution in [0.2, 0.25) is 0 Å². The van der Waals surface area contributed by atoms with Gasteiger partial charge in [-0.2, -0.15) is 0 Å². The summed E-state index contributed by atoms with van der Waals surface area (Å²) in [4.78, 5) is 2.39. The fourth-order valence-electron chi connectivity index (χ4n) is 2.64. The van der Waals surface area contributed by atoms with Gasteiger partial charge in [-0.05, 0) is 13.5 Å². The fourth-order valence-corrected chi connectivity index (χ4v) is 2.64. The number of nitrogens with zero attached hydrogens (tertiary/aromatic N) is 1. The van der Waals surface area contributed by atoms with E-state index in [0.717, 1.165) is 32.8 Å². The van der Waals surface area contributed by atoms with Crippen molar-refractivity contribution in [2.75, 3.05) is 45.9 Å². The van der Waals surface area contributed by atoms with Gasteiger partial charge in [0.25, 0.3) is 0 Å². The third kappa shape index (κ3) is 3.42. The van der Waals surface area contributed by atoms with Gasteiger partial charge in [0.2, 0.25) is 0 Å². The fraction of sp³-hybridized carbons (Fsp3) is 1.00. The molecule has 0 aromatic heterocycles. The highest BCUT2D eigenvalue weighted by Crippen LogP contribution is 2.24. The minimum absolute atomic E-state index is 0.0792. The first-order chi connectivity index (χ1) is 8.64. The molecule has 0 saturated carbocycles. The van der Waals surface area contributed by atoms with Crippen LogP contribution in [-0.4, -0.2) is 73.8 Å². The first-order valence-electron chi connectivity index (χ1n) is 7.02. The summed E-state index contributed by atoms with van der Waals surface area (Å²) in [6.45, 7) is 10.0. The maximum Gasteiger partial charge on any atom is 0.105 e. The molecule has 3 atom stereocenters. The molecule has 5 nitrogen and oxygen atoms in total. The number of hydrogen-bond acceptors (Lipinski definition) is 5. The maximum absolute atomic E-state index is 10.3. The van der Waals surface area contributed by atoms with Crippen molar-refractivity contribution in [1.29, 1.82) is 0 Å². The summed E-state index contributed by atoms with van der Waals surface area (Å²) < 4.78 is 11.1. The van der Waals surface area contributed by atoms with Crippen LogP contribution in [0.1, 0.15) is 20.3 Å². The van der Waals surface area contributed by atoms with Crippen LogP contribution in [0.3, 0.4) is 0 Å². The zero-order chi connectivity index (χ0) is 13.0. The monoisotopic (exact) mass is 258 g/mol. The molecule has 0 bridgehead atoms. The van der Waals surface area contributed by atoms with E-state index in [1.54, 1.807) is 0 Å². The van der Waals surface area contributed by atoms with Crippen molar-refractivity contribution in [2.45, 2.75) is 38.1 Å². The molecule has 18 heavy (non-hydrogen) atoms. The lowest BCUT2D eigenvalue weighted by Gasteiger charge is -2.33. The molecule has 2 fully saturated rings. The smallest absolute Gasteiger partial charge is 0.105 e. The van der Waals surface area contributed by atoms with Crippen LogP contribution >= 0.6 is 0 Å². The molecule has 2 N–H and O–H groups in total. The number of likely N-dealkylation sites (N-methyl/N-ethyl adjacent to an activating group) is 1. The molecular weight excluding hydrogens is 232 g/mol. The van der Waals surface area contributed by atoms with E-state index >= 15 is 0 Å². The molecule has 0 aromatic carbocycles. The van der Waals surface area contributed by atoms with Crippen LogP contribution in [0.5, 0.6) is 0 Å². The molecule has 2 saturated heterocycles. The molecule has 0 spiro atoms. The molecular formula is C13H26N2O3. The zero-order valence-corrected chi connectivity index (χ0v) is 11.5. The third-order valence-corrected chi connectivity index (χ3v) is 4.13. The summed E-state index contributed by atoms with van der Waals surface area (Å²) in [5, 5.41) is 13.7. The van der Waals surface area contributed by atoms with Crippen LogP contribution in [0, 0.1) is 0 Å². The largest absolute Gasteiger partial charge is 0.386 e. The Labute approximate surface area is 109 Å². The van der Waals surface area contributed by atoms with Gasteiger partial charge in [0.15, 0.2) is 0 Å². The van der Waals surface area contributed by atoms with Gasteiger partial charge < -0.3 is 19.9 Å². The van der Waals surface area contributed by atoms with E-state index in [-0.39, 0.29) is 12.2 Å². The predicted molar refractivity (Wildman–Crippen MR) is 69.7 cm³/mol. The van der Waals surface area contributed by atoms with Gasteiger partial charge in [-0.25, -0.2) is 0 Å². The molecule has 5 heteroatoms. The van der Waals surface area contributed by atoms with Gasteiger partial charge in [0, 0.05) is 39.2 Å². The van der Waals surface area contributed by atoms with E-state index in [1.807, 2.05) is 6.92 Å². The highest BCUT2D eigenvalue weighted by atomic mass is 16.5. The maximum atomic E-state index is 10.3. The van der Waals surface area contributed by atoms with Crippen molar-refractivity contribution in [3.63, 3.8) is 0 Å². The van der Waals surface area contributed by atoms with E-state index in [2.05, 4.69) is 17.1 Å². The average Bonchev–Trinajstić information content (AvgIpc) is 2.70. The number of ether oxygens (including phenoxy) is 2. The molecule has 0 amide bonds. The van der Waals surface area contributed by atoms with Gasteiger partial charge in [0.1, 0.15) is 5.60 Å². The molecule has 2 aliphatic heterocycles. The number of nitrogens with one attached hydrogen (secondary N) is 1. The molecule has 3 unspecified atom stereocenters. The second-order valence-electron chi connectivity index (χ2n) is 5.38. The minimum Gasteiger partial charge on any atom is -0.386 e. The van der Waals surface area contributed by atoms with Gasteiger partial charge >= 0.3 is 0 Å². The molecule has 106 valence electrons. The van der Waals surface area contributed by atoms with Crippen molar-refractivity contribution in [3.8, 4) is 0 Å². The topological polar surface area (TPSA) is 54.0 Å². The molecule has 2 heterocycles. The van der Waals surface area contributed by atoms with Crippen LogP contribution in [0.25, 0.3) is 0 Å². The van der Waals surface area contributed by atoms with Crippen molar-refractivity contribution < 1.29 is 14.6 Å². The molecule has 2 rings (SSSR count). The Morgan fingerprint density at radius 3 is 2.89 bits per heavy atom. The van der Waals surface area contributed by atoms with Gasteiger partial charge in [-0.1, -0.05) is 6.92 Å². The SMILES string of the molecule is CCN1CCOC(CNCC2(O)CCOC2C)C1. The lowest BCUT2D eigenvalue weighted by Crippen LogP contribution is -2.51. The summed E-state index contributed by atoms with van der Waals surface area (Å²) in [7, 11) is 0. The van der Waals surface area contributed by atoms with E-state index < -0.39 is 5.60 Å². The van der Waals surface area contributed by atoms with E-state index in [9.17, 15) is 5.11 Å². The Morgan fingerprint density at radius 1 is 1.39 bits per heavy atom. The number of hydrogen-bond donors (Lipinski definition) is 2. The zero-order valence-electron chi connectivity index (χ0n) is 11.5. The summed E-state index contributed by atoms with van der Waals surface area (Å²) in [5.74, 6) is 0. The standard InChI is InChI=1S/C13H26N2O3/c1-3-15-5-7-18-12(9-15)8-14-10-13(16)4-6-17-11(13)2/h11-12,14,16H,3-10H2,1-2H3. The summed E-state index contributed by atoms with van der Waals surface area (Å²) >= 11 is 0. The molecule has 2 aliphatic rings. The lowest BCUT2D eigenvalue weighted by molar-refractivity contribution is -0.0410. The first kappa shape index (κ1) is 14.2. The number of rotatable bonds is 5. The number of aliphatic hydroxyl groups is 1. The Balaban J connectivity index is 1.68. The van der Waals surface area contributed by atoms with Crippen molar-refractivity contribution in [2.24, 2.45) is 0 Å². The van der Waals surface area contributed by atoms with Crippen molar-refractivity contribution in [3.05, 3.63) is 0 Å².